The minimum atomic E-state index is -0.312. The van der Waals surface area contributed by atoms with Gasteiger partial charge in [0.25, 0.3) is 0 Å². The number of allylic oxidation sites excluding steroid dienone is 8. The molecule has 0 unspecified atom stereocenters. The molecule has 2 aliphatic rings. The van der Waals surface area contributed by atoms with Crippen molar-refractivity contribution in [1.82, 2.24) is 0 Å². The van der Waals surface area contributed by atoms with Gasteiger partial charge in [-0.15, -0.1) is 0 Å². The standard InChI is InChI=1S/2C5H5.2HI.Zr/c2*1-2-4-5-3-1;;;/h2*1-3H,4H2;2*1H;/q;;;;+2/p-2. The van der Waals surface area contributed by atoms with Gasteiger partial charge in [0.1, 0.15) is 0 Å². The van der Waals surface area contributed by atoms with Gasteiger partial charge in [-0.05, 0) is 0 Å². The third-order valence-corrected chi connectivity index (χ3v) is 5.27. The maximum atomic E-state index is 2.31. The Morgan fingerprint density at radius 2 is 1.31 bits per heavy atom. The summed E-state index contributed by atoms with van der Waals surface area (Å²) in [5, 5.41) is 0. The number of rotatable bonds is 2. The zero-order valence-corrected chi connectivity index (χ0v) is 13.9. The van der Waals surface area contributed by atoms with Gasteiger partial charge in [-0.2, -0.15) is 0 Å². The molecule has 0 radical (unpaired) electrons. The maximum absolute atomic E-state index is 2.31. The first-order valence-corrected chi connectivity index (χ1v) is 6.39. The third kappa shape index (κ3) is 4.56. The molecule has 68 valence electrons. The van der Waals surface area contributed by atoms with Crippen LogP contribution in [-0.2, 0) is 23.2 Å². The molecule has 0 atom stereocenters. The van der Waals surface area contributed by atoms with Gasteiger partial charge >= 0.3 is 79.1 Å². The van der Waals surface area contributed by atoms with Crippen molar-refractivity contribution in [2.75, 3.05) is 0 Å². The fourth-order valence-electron chi connectivity index (χ4n) is 1.29. The van der Waals surface area contributed by atoms with Crippen LogP contribution >= 0.6 is 0 Å². The molecule has 0 saturated carbocycles. The number of hydrogen-bond donors (Lipinski definition) is 0. The van der Waals surface area contributed by atoms with Crippen LogP contribution in [0.25, 0.3) is 0 Å². The smallest absolute Gasteiger partial charge is 1.00 e. The van der Waals surface area contributed by atoms with Gasteiger partial charge < -0.3 is 48.0 Å². The second kappa shape index (κ2) is 7.58. The van der Waals surface area contributed by atoms with Crippen LogP contribution in [0.15, 0.2) is 43.0 Å². The zero-order chi connectivity index (χ0) is 7.52. The van der Waals surface area contributed by atoms with E-state index in [1.165, 1.54) is 12.8 Å². The van der Waals surface area contributed by atoms with Gasteiger partial charge in [-0.3, -0.25) is 0 Å². The minimum Gasteiger partial charge on any atom is -1.00 e. The van der Waals surface area contributed by atoms with Crippen LogP contribution in [0, 0.1) is 0 Å². The monoisotopic (exact) mass is 474 g/mol. The summed E-state index contributed by atoms with van der Waals surface area (Å²) in [6, 6.07) is 0. The first kappa shape index (κ1) is 14.3. The van der Waals surface area contributed by atoms with Crippen molar-refractivity contribution in [2.24, 2.45) is 0 Å². The van der Waals surface area contributed by atoms with E-state index in [9.17, 15) is 0 Å². The molecule has 0 aromatic heterocycles. The predicted octanol–water partition coefficient (Wildman–Crippen LogP) is -3.24. The van der Waals surface area contributed by atoms with Crippen LogP contribution in [0.1, 0.15) is 12.8 Å². The summed E-state index contributed by atoms with van der Waals surface area (Å²) in [6.45, 7) is 0. The topological polar surface area (TPSA) is 0 Å². The Bertz CT molecular complexity index is 247. The number of hydrogen-bond acceptors (Lipinski definition) is 0. The Morgan fingerprint density at radius 1 is 0.846 bits per heavy atom. The van der Waals surface area contributed by atoms with E-state index >= 15 is 0 Å². The molecule has 0 amide bonds. The molecule has 0 heterocycles. The first-order chi connectivity index (χ1) is 5.45. The molecule has 3 heteroatoms. The molecule has 13 heavy (non-hydrogen) atoms. The van der Waals surface area contributed by atoms with Gasteiger partial charge in [0.15, 0.2) is 0 Å². The van der Waals surface area contributed by atoms with Gasteiger partial charge in [0, 0.05) is 0 Å². The SMILES string of the molecule is C1=CC[C]([Zr+2][C]2=CC=CC2)=C1.[I-].[I-]. The van der Waals surface area contributed by atoms with E-state index < -0.39 is 0 Å². The molecule has 0 saturated heterocycles. The summed E-state index contributed by atoms with van der Waals surface area (Å²) in [6.07, 6.45) is 16.0. The molecule has 0 aromatic rings. The average Bonchev–Trinajstić information content (AvgIpc) is 2.60. The molecule has 2 aliphatic carbocycles. The Balaban J connectivity index is 0.000000720. The van der Waals surface area contributed by atoms with Gasteiger partial charge in [0.05, 0.1) is 0 Å². The molecule has 0 bridgehead atoms. The van der Waals surface area contributed by atoms with Crippen LogP contribution < -0.4 is 48.0 Å². The Hall–Kier alpha value is 1.30. The molecule has 0 spiro atoms. The van der Waals surface area contributed by atoms with Crippen LogP contribution in [-0.4, -0.2) is 0 Å². The molecule has 0 nitrogen and oxygen atoms in total. The van der Waals surface area contributed by atoms with E-state index in [1.54, 1.807) is 6.56 Å². The van der Waals surface area contributed by atoms with Crippen molar-refractivity contribution in [2.45, 2.75) is 12.8 Å². The molecular formula is C10H10I2Zr. The largest absolute Gasteiger partial charge is 1.00 e. The summed E-state index contributed by atoms with van der Waals surface area (Å²) in [5.41, 5.74) is 0. The van der Waals surface area contributed by atoms with E-state index in [0.717, 1.165) is 0 Å². The second-order valence-corrected chi connectivity index (χ2v) is 6.55. The molecule has 0 N–H and O–H groups in total. The van der Waals surface area contributed by atoms with Crippen molar-refractivity contribution >= 4 is 0 Å². The van der Waals surface area contributed by atoms with Crippen molar-refractivity contribution in [3.05, 3.63) is 43.0 Å². The normalized spacial score (nSPS) is 16.9. The Kier molecular flexibility index (Phi) is 8.34. The zero-order valence-electron chi connectivity index (χ0n) is 7.13. The molecule has 0 aliphatic heterocycles. The molecule has 2 rings (SSSR count). The number of halogens is 2. The van der Waals surface area contributed by atoms with E-state index in [-0.39, 0.29) is 71.2 Å². The summed E-state index contributed by atoms with van der Waals surface area (Å²) in [5.74, 6) is 0. The predicted molar refractivity (Wildman–Crippen MR) is 43.7 cm³/mol. The molecular weight excluding hydrogens is 465 g/mol. The van der Waals surface area contributed by atoms with E-state index in [4.69, 9.17) is 0 Å². The maximum Gasteiger partial charge on any atom is -1.00 e. The summed E-state index contributed by atoms with van der Waals surface area (Å²) < 4.78 is 3.45. The van der Waals surface area contributed by atoms with Crippen LogP contribution in [0.5, 0.6) is 0 Å². The van der Waals surface area contributed by atoms with Crippen molar-refractivity contribution in [1.29, 1.82) is 0 Å². The Morgan fingerprint density at radius 3 is 1.62 bits per heavy atom. The Labute approximate surface area is 125 Å². The van der Waals surface area contributed by atoms with Gasteiger partial charge in [-0.1, -0.05) is 0 Å². The first-order valence-electron chi connectivity index (χ1n) is 3.93. The van der Waals surface area contributed by atoms with E-state index in [2.05, 4.69) is 36.5 Å². The van der Waals surface area contributed by atoms with E-state index in [1.807, 2.05) is 0 Å². The fraction of sp³-hybridized carbons (Fsp3) is 0.200. The van der Waals surface area contributed by atoms with Crippen molar-refractivity contribution < 1.29 is 71.2 Å². The van der Waals surface area contributed by atoms with Crippen LogP contribution in [0.2, 0.25) is 0 Å². The van der Waals surface area contributed by atoms with Crippen LogP contribution in [0.3, 0.4) is 0 Å². The summed E-state index contributed by atoms with van der Waals surface area (Å²) in [4.78, 5) is 0. The third-order valence-electron chi connectivity index (χ3n) is 1.86. The van der Waals surface area contributed by atoms with Crippen molar-refractivity contribution in [3.63, 3.8) is 0 Å². The summed E-state index contributed by atoms with van der Waals surface area (Å²) >= 11 is -0.312. The van der Waals surface area contributed by atoms with Gasteiger partial charge in [0.2, 0.25) is 0 Å². The quantitative estimate of drug-likeness (QED) is 0.369. The molecule has 0 fully saturated rings. The minimum absolute atomic E-state index is 0. The van der Waals surface area contributed by atoms with E-state index in [0.29, 0.717) is 0 Å². The molecule has 0 aromatic carbocycles. The fourth-order valence-corrected chi connectivity index (χ4v) is 4.26. The van der Waals surface area contributed by atoms with Gasteiger partial charge in [-0.25, -0.2) is 0 Å². The summed E-state index contributed by atoms with van der Waals surface area (Å²) in [7, 11) is 0. The van der Waals surface area contributed by atoms with Crippen molar-refractivity contribution in [3.8, 4) is 0 Å². The second-order valence-electron chi connectivity index (χ2n) is 2.77. The average molecular weight is 475 g/mol. The van der Waals surface area contributed by atoms with Crippen LogP contribution in [0.4, 0.5) is 0 Å².